The second-order valence-electron chi connectivity index (χ2n) is 7.86. The van der Waals surface area contributed by atoms with Gasteiger partial charge in [0.2, 0.25) is 0 Å². The van der Waals surface area contributed by atoms with Crippen LogP contribution in [0.25, 0.3) is 0 Å². The van der Waals surface area contributed by atoms with Gasteiger partial charge < -0.3 is 10.2 Å². The van der Waals surface area contributed by atoms with Crippen molar-refractivity contribution >= 4 is 0 Å². The molecule has 0 atom stereocenters. The number of likely N-dealkylation sites (tertiary alicyclic amines) is 1. The smallest absolute Gasteiger partial charge is 0.000966 e. The van der Waals surface area contributed by atoms with Crippen molar-refractivity contribution in [2.75, 3.05) is 32.7 Å². The van der Waals surface area contributed by atoms with Crippen molar-refractivity contribution < 1.29 is 0 Å². The molecule has 0 aromatic heterocycles. The van der Waals surface area contributed by atoms with Crippen LogP contribution in [0, 0.1) is 5.92 Å². The van der Waals surface area contributed by atoms with Gasteiger partial charge in [-0.15, -0.1) is 0 Å². The quantitative estimate of drug-likeness (QED) is 0.553. The zero-order chi connectivity index (χ0) is 17.9. The van der Waals surface area contributed by atoms with Crippen molar-refractivity contribution in [1.29, 1.82) is 0 Å². The normalized spacial score (nSPS) is 16.6. The Morgan fingerprint density at radius 2 is 1.64 bits per heavy atom. The highest BCUT2D eigenvalue weighted by Gasteiger charge is 2.22. The molecule has 0 unspecified atom stereocenters. The summed E-state index contributed by atoms with van der Waals surface area (Å²) in [7, 11) is 0. The largest absolute Gasteiger partial charge is 0.317 e. The standard InChI is InChI=1S/C23H40N2/c1-4-7-21(8-5-2)19-25-17-14-23(15-18-25)22-11-9-20(10-12-22)13-16-24-6-3/h9-12,21,23-24H,4-8,13-19H2,1-3H3. The zero-order valence-electron chi connectivity index (χ0n) is 16.9. The first-order chi connectivity index (χ1) is 12.3. The van der Waals surface area contributed by atoms with Gasteiger partial charge in [0.15, 0.2) is 0 Å². The van der Waals surface area contributed by atoms with E-state index in [2.05, 4.69) is 55.3 Å². The highest BCUT2D eigenvalue weighted by molar-refractivity contribution is 5.26. The van der Waals surface area contributed by atoms with E-state index in [9.17, 15) is 0 Å². The monoisotopic (exact) mass is 344 g/mol. The molecule has 1 aliphatic rings. The number of nitrogens with one attached hydrogen (secondary N) is 1. The predicted octanol–water partition coefficient (Wildman–Crippen LogP) is 5.23. The summed E-state index contributed by atoms with van der Waals surface area (Å²) in [6, 6.07) is 9.46. The summed E-state index contributed by atoms with van der Waals surface area (Å²) in [5.74, 6) is 1.69. The molecule has 1 aromatic rings. The lowest BCUT2D eigenvalue weighted by Gasteiger charge is -2.34. The molecule has 1 heterocycles. The van der Waals surface area contributed by atoms with E-state index in [-0.39, 0.29) is 0 Å². The molecule has 0 saturated carbocycles. The number of hydrogen-bond acceptors (Lipinski definition) is 2. The van der Waals surface area contributed by atoms with Crippen LogP contribution >= 0.6 is 0 Å². The average Bonchev–Trinajstić information content (AvgIpc) is 2.64. The van der Waals surface area contributed by atoms with Crippen LogP contribution in [0.15, 0.2) is 24.3 Å². The average molecular weight is 345 g/mol. The number of piperidine rings is 1. The summed E-state index contributed by atoms with van der Waals surface area (Å²) in [5, 5.41) is 3.41. The van der Waals surface area contributed by atoms with Gasteiger partial charge in [-0.1, -0.05) is 57.9 Å². The second kappa shape index (κ2) is 11.7. The first-order valence-electron chi connectivity index (χ1n) is 10.8. The highest BCUT2D eigenvalue weighted by Crippen LogP contribution is 2.29. The van der Waals surface area contributed by atoms with Crippen molar-refractivity contribution in [3.8, 4) is 0 Å². The minimum Gasteiger partial charge on any atom is -0.317 e. The van der Waals surface area contributed by atoms with Crippen molar-refractivity contribution in [1.82, 2.24) is 10.2 Å². The Bertz CT molecular complexity index is 440. The Hall–Kier alpha value is -0.860. The van der Waals surface area contributed by atoms with E-state index < -0.39 is 0 Å². The van der Waals surface area contributed by atoms with Crippen LogP contribution in [0.4, 0.5) is 0 Å². The van der Waals surface area contributed by atoms with Crippen LogP contribution < -0.4 is 5.32 Å². The maximum absolute atomic E-state index is 3.41. The van der Waals surface area contributed by atoms with Gasteiger partial charge in [0.05, 0.1) is 0 Å². The third kappa shape index (κ3) is 7.11. The molecule has 25 heavy (non-hydrogen) atoms. The second-order valence-corrected chi connectivity index (χ2v) is 7.86. The molecule has 1 N–H and O–H groups in total. The molecule has 0 bridgehead atoms. The van der Waals surface area contributed by atoms with Crippen LogP contribution in [-0.2, 0) is 6.42 Å². The Morgan fingerprint density at radius 3 is 2.20 bits per heavy atom. The third-order valence-corrected chi connectivity index (χ3v) is 5.79. The molecule has 1 fully saturated rings. The lowest BCUT2D eigenvalue weighted by molar-refractivity contribution is 0.173. The summed E-state index contributed by atoms with van der Waals surface area (Å²) >= 11 is 0. The van der Waals surface area contributed by atoms with Gasteiger partial charge in [-0.2, -0.15) is 0 Å². The fourth-order valence-corrected chi connectivity index (χ4v) is 4.32. The minimum absolute atomic E-state index is 0.773. The van der Waals surface area contributed by atoms with Crippen LogP contribution in [0.2, 0.25) is 0 Å². The SMILES string of the molecule is CCCC(CCC)CN1CCC(c2ccc(CCNCC)cc2)CC1. The Morgan fingerprint density at radius 1 is 1.00 bits per heavy atom. The number of likely N-dealkylation sites (N-methyl/N-ethyl adjacent to an activating group) is 1. The number of hydrogen-bond donors (Lipinski definition) is 1. The lowest BCUT2D eigenvalue weighted by atomic mass is 9.88. The Balaban J connectivity index is 1.77. The summed E-state index contributed by atoms with van der Waals surface area (Å²) < 4.78 is 0. The molecule has 2 heteroatoms. The number of nitrogens with zero attached hydrogens (tertiary/aromatic N) is 1. The molecule has 1 saturated heterocycles. The summed E-state index contributed by atoms with van der Waals surface area (Å²) in [4.78, 5) is 2.73. The van der Waals surface area contributed by atoms with Crippen molar-refractivity contribution in [3.63, 3.8) is 0 Å². The van der Waals surface area contributed by atoms with E-state index in [1.165, 1.54) is 63.7 Å². The van der Waals surface area contributed by atoms with E-state index in [4.69, 9.17) is 0 Å². The fourth-order valence-electron chi connectivity index (χ4n) is 4.32. The molecule has 1 aromatic carbocycles. The predicted molar refractivity (Wildman–Crippen MR) is 110 cm³/mol. The number of rotatable bonds is 11. The molecule has 2 rings (SSSR count). The maximum Gasteiger partial charge on any atom is 0.000966 e. The Kier molecular flexibility index (Phi) is 9.57. The van der Waals surface area contributed by atoms with Crippen LogP contribution in [0.3, 0.4) is 0 Å². The summed E-state index contributed by atoms with van der Waals surface area (Å²) in [6.45, 7) is 12.9. The zero-order valence-corrected chi connectivity index (χ0v) is 16.9. The van der Waals surface area contributed by atoms with Crippen LogP contribution in [-0.4, -0.2) is 37.6 Å². The van der Waals surface area contributed by atoms with Gasteiger partial charge in [0.25, 0.3) is 0 Å². The van der Waals surface area contributed by atoms with Crippen molar-refractivity contribution in [2.24, 2.45) is 5.92 Å². The maximum atomic E-state index is 3.41. The third-order valence-electron chi connectivity index (χ3n) is 5.79. The van der Waals surface area contributed by atoms with E-state index in [0.717, 1.165) is 31.3 Å². The van der Waals surface area contributed by atoms with Crippen LogP contribution in [0.5, 0.6) is 0 Å². The topological polar surface area (TPSA) is 15.3 Å². The van der Waals surface area contributed by atoms with Crippen molar-refractivity contribution in [3.05, 3.63) is 35.4 Å². The van der Waals surface area contributed by atoms with E-state index in [1.807, 2.05) is 0 Å². The van der Waals surface area contributed by atoms with E-state index in [1.54, 1.807) is 5.56 Å². The van der Waals surface area contributed by atoms with Gasteiger partial charge >= 0.3 is 0 Å². The van der Waals surface area contributed by atoms with Gasteiger partial charge in [0, 0.05) is 6.54 Å². The minimum atomic E-state index is 0.773. The number of benzene rings is 1. The van der Waals surface area contributed by atoms with Gasteiger partial charge in [-0.3, -0.25) is 0 Å². The molecule has 142 valence electrons. The first-order valence-corrected chi connectivity index (χ1v) is 10.8. The molecule has 0 aliphatic carbocycles. The van der Waals surface area contributed by atoms with Gasteiger partial charge in [-0.05, 0) is 81.2 Å². The fraction of sp³-hybridized carbons (Fsp3) is 0.739. The summed E-state index contributed by atoms with van der Waals surface area (Å²) in [6.07, 6.45) is 9.29. The molecular weight excluding hydrogens is 304 g/mol. The molecule has 1 aliphatic heterocycles. The molecule has 2 nitrogen and oxygen atoms in total. The molecule has 0 radical (unpaired) electrons. The van der Waals surface area contributed by atoms with Gasteiger partial charge in [-0.25, -0.2) is 0 Å². The Labute approximate surface area is 156 Å². The molecular formula is C23H40N2. The van der Waals surface area contributed by atoms with Gasteiger partial charge in [0.1, 0.15) is 0 Å². The highest BCUT2D eigenvalue weighted by atomic mass is 15.1. The van der Waals surface area contributed by atoms with E-state index >= 15 is 0 Å². The molecule has 0 spiro atoms. The van der Waals surface area contributed by atoms with Crippen LogP contribution in [0.1, 0.15) is 76.3 Å². The van der Waals surface area contributed by atoms with Crippen molar-refractivity contribution in [2.45, 2.75) is 71.6 Å². The van der Waals surface area contributed by atoms with E-state index in [0.29, 0.717) is 0 Å². The first kappa shape index (κ1) is 20.5. The lowest BCUT2D eigenvalue weighted by Crippen LogP contribution is -2.36. The molecule has 0 amide bonds. The summed E-state index contributed by atoms with van der Waals surface area (Å²) in [5.41, 5.74) is 3.02.